The van der Waals surface area contributed by atoms with Crippen LogP contribution in [0, 0.1) is 6.92 Å². The molecule has 0 aliphatic carbocycles. The minimum atomic E-state index is 0.500. The Morgan fingerprint density at radius 2 is 2.19 bits per heavy atom. The molecule has 92 valence electrons. The summed E-state index contributed by atoms with van der Waals surface area (Å²) < 4.78 is 1.75. The molecule has 1 N–H and O–H groups in total. The quantitative estimate of drug-likeness (QED) is 0.833. The number of nitrogens with one attached hydrogen (secondary N) is 1. The highest BCUT2D eigenvalue weighted by molar-refractivity contribution is 6.30. The van der Waals surface area contributed by atoms with E-state index >= 15 is 0 Å². The Hall–Kier alpha value is -0.540. The van der Waals surface area contributed by atoms with Gasteiger partial charge in [0.05, 0.1) is 5.69 Å². The number of nitrogens with zero attached hydrogens (tertiary/aromatic N) is 2. The number of aromatic nitrogens is 2. The molecule has 0 amide bonds. The van der Waals surface area contributed by atoms with E-state index in [2.05, 4.69) is 17.3 Å². The first-order chi connectivity index (χ1) is 7.60. The molecule has 0 spiro atoms. The summed E-state index contributed by atoms with van der Waals surface area (Å²) in [5, 5.41) is 8.46. The number of hydrogen-bond donors (Lipinski definition) is 1. The third-order valence-electron chi connectivity index (χ3n) is 3.03. The molecule has 4 heteroatoms. The molecule has 1 unspecified atom stereocenters. The first kappa shape index (κ1) is 13.5. The minimum Gasteiger partial charge on any atom is -0.317 e. The molecular weight excluding hydrogens is 222 g/mol. The van der Waals surface area contributed by atoms with E-state index in [1.807, 2.05) is 21.0 Å². The van der Waals surface area contributed by atoms with Gasteiger partial charge in [-0.05, 0) is 26.8 Å². The van der Waals surface area contributed by atoms with Crippen molar-refractivity contribution in [2.75, 3.05) is 7.05 Å². The van der Waals surface area contributed by atoms with E-state index in [1.165, 1.54) is 24.8 Å². The van der Waals surface area contributed by atoms with Crippen molar-refractivity contribution in [1.82, 2.24) is 15.1 Å². The number of halogens is 1. The lowest BCUT2D eigenvalue weighted by Crippen LogP contribution is -2.27. The van der Waals surface area contributed by atoms with Crippen LogP contribution < -0.4 is 5.32 Å². The molecule has 0 saturated carbocycles. The van der Waals surface area contributed by atoms with Gasteiger partial charge in [0.15, 0.2) is 0 Å². The van der Waals surface area contributed by atoms with E-state index in [0.717, 1.165) is 17.3 Å². The molecule has 1 atom stereocenters. The van der Waals surface area contributed by atoms with Crippen molar-refractivity contribution in [3.8, 4) is 0 Å². The van der Waals surface area contributed by atoms with Gasteiger partial charge in [-0.25, -0.2) is 0 Å². The summed E-state index contributed by atoms with van der Waals surface area (Å²) in [6.45, 7) is 4.24. The van der Waals surface area contributed by atoms with Gasteiger partial charge in [-0.3, -0.25) is 4.68 Å². The van der Waals surface area contributed by atoms with Gasteiger partial charge in [-0.1, -0.05) is 31.4 Å². The standard InChI is InChI=1S/C12H22ClN3/c1-5-6-7-10(14-3)8-11-9(2)15-16(4)12(11)13/h10,14H,5-8H2,1-4H3. The van der Waals surface area contributed by atoms with Crippen LogP contribution in [0.25, 0.3) is 0 Å². The van der Waals surface area contributed by atoms with E-state index in [0.29, 0.717) is 6.04 Å². The lowest BCUT2D eigenvalue weighted by molar-refractivity contribution is 0.498. The van der Waals surface area contributed by atoms with Crippen LogP contribution in [-0.4, -0.2) is 22.9 Å². The summed E-state index contributed by atoms with van der Waals surface area (Å²) >= 11 is 6.22. The smallest absolute Gasteiger partial charge is 0.130 e. The van der Waals surface area contributed by atoms with E-state index in [1.54, 1.807) is 4.68 Å². The summed E-state index contributed by atoms with van der Waals surface area (Å²) in [6.07, 6.45) is 4.65. The second-order valence-electron chi connectivity index (χ2n) is 4.31. The Bertz CT molecular complexity index is 333. The van der Waals surface area contributed by atoms with Gasteiger partial charge in [0, 0.05) is 18.7 Å². The summed E-state index contributed by atoms with van der Waals surface area (Å²) in [6, 6.07) is 0.500. The van der Waals surface area contributed by atoms with Crippen molar-refractivity contribution in [3.63, 3.8) is 0 Å². The van der Waals surface area contributed by atoms with Gasteiger partial charge in [-0.2, -0.15) is 5.10 Å². The topological polar surface area (TPSA) is 29.9 Å². The third kappa shape index (κ3) is 3.22. The number of hydrogen-bond acceptors (Lipinski definition) is 2. The summed E-state index contributed by atoms with van der Waals surface area (Å²) in [5.74, 6) is 0. The van der Waals surface area contributed by atoms with Crippen molar-refractivity contribution >= 4 is 11.6 Å². The molecular formula is C12H22ClN3. The average molecular weight is 244 g/mol. The van der Waals surface area contributed by atoms with Gasteiger partial charge in [0.1, 0.15) is 5.15 Å². The van der Waals surface area contributed by atoms with Gasteiger partial charge >= 0.3 is 0 Å². The van der Waals surface area contributed by atoms with Gasteiger partial charge in [0.2, 0.25) is 0 Å². The zero-order chi connectivity index (χ0) is 12.1. The SMILES string of the molecule is CCCCC(Cc1c(C)nn(C)c1Cl)NC. The monoisotopic (exact) mass is 243 g/mol. The van der Waals surface area contributed by atoms with Gasteiger partial charge in [0.25, 0.3) is 0 Å². The number of aryl methyl sites for hydroxylation is 2. The maximum Gasteiger partial charge on any atom is 0.130 e. The fraction of sp³-hybridized carbons (Fsp3) is 0.750. The van der Waals surface area contributed by atoms with Crippen LogP contribution in [0.5, 0.6) is 0 Å². The maximum atomic E-state index is 6.22. The van der Waals surface area contributed by atoms with E-state index in [9.17, 15) is 0 Å². The first-order valence-corrected chi connectivity index (χ1v) is 6.33. The fourth-order valence-electron chi connectivity index (χ4n) is 1.95. The highest BCUT2D eigenvalue weighted by Crippen LogP contribution is 2.21. The van der Waals surface area contributed by atoms with Crippen LogP contribution in [0.15, 0.2) is 0 Å². The Labute approximate surface area is 103 Å². The molecule has 1 aromatic rings. The van der Waals surface area contributed by atoms with E-state index < -0.39 is 0 Å². The largest absolute Gasteiger partial charge is 0.317 e. The van der Waals surface area contributed by atoms with Crippen LogP contribution in [0.4, 0.5) is 0 Å². The molecule has 16 heavy (non-hydrogen) atoms. The predicted octanol–water partition coefficient (Wildman–Crippen LogP) is 2.70. The normalized spacial score (nSPS) is 13.1. The Kier molecular flexibility index (Phi) is 5.29. The molecule has 1 rings (SSSR count). The average Bonchev–Trinajstić information content (AvgIpc) is 2.50. The summed E-state index contributed by atoms with van der Waals surface area (Å²) in [7, 11) is 3.90. The zero-order valence-corrected chi connectivity index (χ0v) is 11.4. The molecule has 0 bridgehead atoms. The first-order valence-electron chi connectivity index (χ1n) is 5.95. The van der Waals surface area contributed by atoms with Crippen molar-refractivity contribution in [3.05, 3.63) is 16.4 Å². The molecule has 0 aliphatic rings. The maximum absolute atomic E-state index is 6.22. The van der Waals surface area contributed by atoms with E-state index in [4.69, 9.17) is 11.6 Å². The third-order valence-corrected chi connectivity index (χ3v) is 3.51. The molecule has 0 aliphatic heterocycles. The molecule has 0 radical (unpaired) electrons. The molecule has 0 saturated heterocycles. The van der Waals surface area contributed by atoms with Crippen molar-refractivity contribution in [1.29, 1.82) is 0 Å². The van der Waals surface area contributed by atoms with Crippen LogP contribution in [0.1, 0.15) is 37.4 Å². The van der Waals surface area contributed by atoms with E-state index in [-0.39, 0.29) is 0 Å². The van der Waals surface area contributed by atoms with Gasteiger partial charge < -0.3 is 5.32 Å². The summed E-state index contributed by atoms with van der Waals surface area (Å²) in [5.41, 5.74) is 2.23. The molecule has 3 nitrogen and oxygen atoms in total. The number of rotatable bonds is 6. The number of likely N-dealkylation sites (N-methyl/N-ethyl adjacent to an activating group) is 1. The van der Waals surface area contributed by atoms with Gasteiger partial charge in [-0.15, -0.1) is 0 Å². The minimum absolute atomic E-state index is 0.500. The Balaban J connectivity index is 2.69. The fourth-order valence-corrected chi connectivity index (χ4v) is 2.20. The highest BCUT2D eigenvalue weighted by Gasteiger charge is 2.15. The van der Waals surface area contributed by atoms with Crippen LogP contribution in [0.3, 0.4) is 0 Å². The molecule has 0 aromatic carbocycles. The van der Waals surface area contributed by atoms with Crippen LogP contribution in [0.2, 0.25) is 5.15 Å². The van der Waals surface area contributed by atoms with Crippen molar-refractivity contribution < 1.29 is 0 Å². The van der Waals surface area contributed by atoms with Crippen molar-refractivity contribution in [2.24, 2.45) is 7.05 Å². The molecule has 0 fully saturated rings. The number of unbranched alkanes of at least 4 members (excludes halogenated alkanes) is 1. The predicted molar refractivity (Wildman–Crippen MR) is 69.0 cm³/mol. The zero-order valence-electron chi connectivity index (χ0n) is 10.7. The lowest BCUT2D eigenvalue weighted by atomic mass is 10.0. The Morgan fingerprint density at radius 3 is 2.62 bits per heavy atom. The molecule has 1 heterocycles. The highest BCUT2D eigenvalue weighted by atomic mass is 35.5. The summed E-state index contributed by atoms with van der Waals surface area (Å²) in [4.78, 5) is 0. The lowest BCUT2D eigenvalue weighted by Gasteiger charge is -2.15. The van der Waals surface area contributed by atoms with Crippen molar-refractivity contribution in [2.45, 2.75) is 45.6 Å². The van der Waals surface area contributed by atoms with Crippen LogP contribution >= 0.6 is 11.6 Å². The second kappa shape index (κ2) is 6.26. The Morgan fingerprint density at radius 1 is 1.50 bits per heavy atom. The molecule has 1 aromatic heterocycles. The second-order valence-corrected chi connectivity index (χ2v) is 4.67. The van der Waals surface area contributed by atoms with Crippen LogP contribution in [-0.2, 0) is 13.5 Å².